The number of carbonyl (C=O) groups excluding carboxylic acids is 1. The molecule has 2 N–H and O–H groups in total. The molecule has 1 amide bonds. The van der Waals surface area contributed by atoms with E-state index in [0.29, 0.717) is 6.54 Å². The van der Waals surface area contributed by atoms with E-state index in [2.05, 4.69) is 10.6 Å². The van der Waals surface area contributed by atoms with Gasteiger partial charge in [-0.05, 0) is 42.8 Å². The largest absolute Gasteiger partial charge is 0.445 e. The van der Waals surface area contributed by atoms with Gasteiger partial charge in [0.15, 0.2) is 5.13 Å². The number of amides is 1. The molecule has 8 heteroatoms. The van der Waals surface area contributed by atoms with E-state index in [1.165, 1.54) is 23.5 Å². The van der Waals surface area contributed by atoms with Crippen molar-refractivity contribution >= 4 is 28.2 Å². The van der Waals surface area contributed by atoms with Gasteiger partial charge in [-0.25, -0.2) is 14.2 Å². The standard InChI is InChI=1S/C23H23FN4O2S/c24-16-6-8-17(9-7-16)26-22-27-19(14-31-22)18-12-28(20-10-11-25-21(18)20)23(29)30-13-15-4-2-1-3-5-15/h1-9,14,18,20-21,25H,10-13H2,(H,26,27)/t18-,20-,21-/m1/s1. The fraction of sp³-hybridized carbons (Fsp3) is 0.304. The first kappa shape index (κ1) is 20.0. The summed E-state index contributed by atoms with van der Waals surface area (Å²) in [4.78, 5) is 19.4. The van der Waals surface area contributed by atoms with Crippen LogP contribution in [0.4, 0.5) is 20.0 Å². The molecule has 0 bridgehead atoms. The van der Waals surface area contributed by atoms with E-state index in [-0.39, 0.29) is 36.5 Å². The average Bonchev–Trinajstić information content (AvgIpc) is 3.51. The van der Waals surface area contributed by atoms with Crippen molar-refractivity contribution in [3.63, 3.8) is 0 Å². The van der Waals surface area contributed by atoms with Crippen LogP contribution in [-0.4, -0.2) is 41.2 Å². The molecule has 0 radical (unpaired) electrons. The van der Waals surface area contributed by atoms with Gasteiger partial charge in [-0.15, -0.1) is 11.3 Å². The minimum Gasteiger partial charge on any atom is -0.445 e. The van der Waals surface area contributed by atoms with Crippen LogP contribution in [0, 0.1) is 5.82 Å². The lowest BCUT2D eigenvalue weighted by molar-refractivity contribution is 0.0919. The van der Waals surface area contributed by atoms with E-state index < -0.39 is 0 Å². The van der Waals surface area contributed by atoms with Gasteiger partial charge in [-0.3, -0.25) is 0 Å². The molecule has 6 nitrogen and oxygen atoms in total. The summed E-state index contributed by atoms with van der Waals surface area (Å²) < 4.78 is 18.7. The lowest BCUT2D eigenvalue weighted by Gasteiger charge is -2.22. The Kier molecular flexibility index (Phi) is 5.57. The number of likely N-dealkylation sites (tertiary alicyclic amines) is 1. The van der Waals surface area contributed by atoms with E-state index in [4.69, 9.17) is 9.72 Å². The predicted octanol–water partition coefficient (Wildman–Crippen LogP) is 4.49. The number of aromatic nitrogens is 1. The summed E-state index contributed by atoms with van der Waals surface area (Å²) in [5, 5.41) is 9.55. The van der Waals surface area contributed by atoms with Crippen LogP contribution in [0.25, 0.3) is 0 Å². The minimum atomic E-state index is -0.273. The fourth-order valence-corrected chi connectivity index (χ4v) is 5.19. The van der Waals surface area contributed by atoms with Gasteiger partial charge in [0.05, 0.1) is 11.7 Å². The normalized spacial score (nSPS) is 22.4. The quantitative estimate of drug-likeness (QED) is 0.614. The zero-order valence-corrected chi connectivity index (χ0v) is 17.6. The molecule has 160 valence electrons. The molecule has 0 spiro atoms. The molecule has 0 unspecified atom stereocenters. The van der Waals surface area contributed by atoms with E-state index in [9.17, 15) is 9.18 Å². The van der Waals surface area contributed by atoms with Gasteiger partial charge in [0, 0.05) is 29.6 Å². The van der Waals surface area contributed by atoms with Gasteiger partial charge in [0.1, 0.15) is 12.4 Å². The average molecular weight is 439 g/mol. The molecule has 1 aromatic heterocycles. The zero-order valence-electron chi connectivity index (χ0n) is 16.8. The van der Waals surface area contributed by atoms with Crippen LogP contribution in [0.1, 0.15) is 23.6 Å². The fourth-order valence-electron chi connectivity index (χ4n) is 4.39. The van der Waals surface area contributed by atoms with Crippen LogP contribution in [-0.2, 0) is 11.3 Å². The lowest BCUT2D eigenvalue weighted by atomic mass is 9.98. The van der Waals surface area contributed by atoms with Crippen molar-refractivity contribution in [3.05, 3.63) is 77.1 Å². The highest BCUT2D eigenvalue weighted by Crippen LogP contribution is 2.38. The van der Waals surface area contributed by atoms with Gasteiger partial charge in [-0.1, -0.05) is 30.3 Å². The smallest absolute Gasteiger partial charge is 0.410 e. The number of benzene rings is 2. The number of thiazole rings is 1. The molecule has 2 aromatic carbocycles. The molecule has 31 heavy (non-hydrogen) atoms. The first-order valence-corrected chi connectivity index (χ1v) is 11.2. The molecule has 0 aliphatic carbocycles. The Bertz CT molecular complexity index is 1040. The molecule has 5 rings (SSSR count). The van der Waals surface area contributed by atoms with Crippen molar-refractivity contribution in [2.24, 2.45) is 0 Å². The topological polar surface area (TPSA) is 66.5 Å². The third-order valence-corrected chi connectivity index (χ3v) is 6.67. The molecule has 2 saturated heterocycles. The Morgan fingerprint density at radius 2 is 2.03 bits per heavy atom. The van der Waals surface area contributed by atoms with Crippen molar-refractivity contribution in [3.8, 4) is 0 Å². The van der Waals surface area contributed by atoms with Gasteiger partial charge >= 0.3 is 6.09 Å². The minimum absolute atomic E-state index is 0.108. The number of hydrogen-bond acceptors (Lipinski definition) is 6. The van der Waals surface area contributed by atoms with Crippen molar-refractivity contribution in [2.75, 3.05) is 18.4 Å². The number of fused-ring (bicyclic) bond motifs is 1. The maximum absolute atomic E-state index is 13.1. The van der Waals surface area contributed by atoms with Crippen molar-refractivity contribution in [1.82, 2.24) is 15.2 Å². The molecular weight excluding hydrogens is 415 g/mol. The monoisotopic (exact) mass is 438 g/mol. The van der Waals surface area contributed by atoms with Crippen LogP contribution in [0.3, 0.4) is 0 Å². The summed E-state index contributed by atoms with van der Waals surface area (Å²) >= 11 is 1.51. The van der Waals surface area contributed by atoms with Gasteiger partial charge in [0.2, 0.25) is 0 Å². The first-order valence-electron chi connectivity index (χ1n) is 10.4. The number of hydrogen-bond donors (Lipinski definition) is 2. The molecule has 2 aliphatic heterocycles. The number of ether oxygens (including phenoxy) is 1. The van der Waals surface area contributed by atoms with Gasteiger partial charge in [-0.2, -0.15) is 0 Å². The predicted molar refractivity (Wildman–Crippen MR) is 118 cm³/mol. The summed E-state index contributed by atoms with van der Waals surface area (Å²) in [5.41, 5.74) is 2.72. The molecule has 2 aliphatic rings. The van der Waals surface area contributed by atoms with E-state index in [1.807, 2.05) is 40.6 Å². The highest BCUT2D eigenvalue weighted by Gasteiger charge is 2.48. The molecule has 0 saturated carbocycles. The van der Waals surface area contributed by atoms with Gasteiger partial charge < -0.3 is 20.3 Å². The Hall–Kier alpha value is -2.97. The van der Waals surface area contributed by atoms with Gasteiger partial charge in [0.25, 0.3) is 0 Å². The highest BCUT2D eigenvalue weighted by molar-refractivity contribution is 7.13. The number of nitrogens with one attached hydrogen (secondary N) is 2. The second-order valence-corrected chi connectivity index (χ2v) is 8.70. The number of carbonyl (C=O) groups is 1. The zero-order chi connectivity index (χ0) is 21.2. The molecule has 3 heterocycles. The number of rotatable bonds is 5. The Balaban J connectivity index is 1.26. The summed E-state index contributed by atoms with van der Waals surface area (Å²) in [5.74, 6) is -0.161. The van der Waals surface area contributed by atoms with Crippen molar-refractivity contribution in [2.45, 2.75) is 31.0 Å². The van der Waals surface area contributed by atoms with Crippen LogP contribution in [0.15, 0.2) is 60.0 Å². The first-order chi connectivity index (χ1) is 15.2. The maximum atomic E-state index is 13.1. The third kappa shape index (κ3) is 4.26. The van der Waals surface area contributed by atoms with E-state index >= 15 is 0 Å². The summed E-state index contributed by atoms with van der Waals surface area (Å²) in [6, 6.07) is 16.2. The van der Waals surface area contributed by atoms with Crippen LogP contribution >= 0.6 is 11.3 Å². The van der Waals surface area contributed by atoms with Crippen LogP contribution in [0.5, 0.6) is 0 Å². The summed E-state index contributed by atoms with van der Waals surface area (Å²) in [6.45, 7) is 1.73. The number of anilines is 2. The number of halogens is 1. The SMILES string of the molecule is O=C(OCc1ccccc1)N1C[C@H](c2csc(Nc3ccc(F)cc3)n2)[C@H]2NCC[C@H]21. The third-order valence-electron chi connectivity index (χ3n) is 5.90. The van der Waals surface area contributed by atoms with E-state index in [1.54, 1.807) is 12.1 Å². The number of nitrogens with zero attached hydrogens (tertiary/aromatic N) is 2. The van der Waals surface area contributed by atoms with E-state index in [0.717, 1.165) is 35.0 Å². The van der Waals surface area contributed by atoms with Crippen LogP contribution in [0.2, 0.25) is 0 Å². The maximum Gasteiger partial charge on any atom is 0.410 e. The second-order valence-electron chi connectivity index (χ2n) is 7.84. The molecular formula is C23H23FN4O2S. The summed E-state index contributed by atoms with van der Waals surface area (Å²) in [6.07, 6.45) is 0.636. The molecule has 2 fully saturated rings. The molecule has 3 atom stereocenters. The Morgan fingerprint density at radius 3 is 2.84 bits per heavy atom. The highest BCUT2D eigenvalue weighted by atomic mass is 32.1. The van der Waals surface area contributed by atoms with Crippen molar-refractivity contribution in [1.29, 1.82) is 0 Å². The summed E-state index contributed by atoms with van der Waals surface area (Å²) in [7, 11) is 0. The lowest BCUT2D eigenvalue weighted by Crippen LogP contribution is -2.39. The second kappa shape index (κ2) is 8.64. The Labute approximate surface area is 184 Å². The van der Waals surface area contributed by atoms with Crippen molar-refractivity contribution < 1.29 is 13.9 Å². The van der Waals surface area contributed by atoms with Crippen LogP contribution < -0.4 is 10.6 Å². The molecule has 3 aromatic rings. The Morgan fingerprint density at radius 1 is 1.23 bits per heavy atom.